The Balaban J connectivity index is 2.94. The van der Waals surface area contributed by atoms with Crippen LogP contribution in [-0.2, 0) is 4.79 Å². The summed E-state index contributed by atoms with van der Waals surface area (Å²) in [5.74, 6) is -1.77. The predicted molar refractivity (Wildman–Crippen MR) is 66.6 cm³/mol. The number of hydrogen-bond acceptors (Lipinski definition) is 3. The van der Waals surface area contributed by atoms with Crippen molar-refractivity contribution in [2.24, 2.45) is 5.92 Å². The number of nitrogens with one attached hydrogen (secondary N) is 1. The van der Waals surface area contributed by atoms with Gasteiger partial charge in [-0.25, -0.2) is 4.79 Å². The Kier molecular flexibility index (Phi) is 4.31. The summed E-state index contributed by atoms with van der Waals surface area (Å²) < 4.78 is 0. The maximum absolute atomic E-state index is 12.0. The molecule has 1 rings (SSSR count). The average Bonchev–Trinajstić information content (AvgIpc) is 2.28. The molecule has 1 amide bonds. The molecule has 0 aliphatic rings. The molecule has 0 aliphatic carbocycles. The van der Waals surface area contributed by atoms with Crippen molar-refractivity contribution in [3.63, 3.8) is 0 Å². The van der Waals surface area contributed by atoms with Crippen LogP contribution in [0.1, 0.15) is 29.8 Å². The van der Waals surface area contributed by atoms with Crippen LogP contribution < -0.4 is 5.32 Å². The van der Waals surface area contributed by atoms with Gasteiger partial charge in [0.15, 0.2) is 0 Å². The van der Waals surface area contributed by atoms with Crippen molar-refractivity contribution in [1.82, 2.24) is 5.32 Å². The largest absolute Gasteiger partial charge is 0.508 e. The fraction of sp³-hybridized carbons (Fsp3) is 0.385. The first kappa shape index (κ1) is 14.0. The monoisotopic (exact) mass is 251 g/mol. The van der Waals surface area contributed by atoms with Crippen molar-refractivity contribution < 1.29 is 19.8 Å². The van der Waals surface area contributed by atoms with E-state index in [2.05, 4.69) is 5.32 Å². The van der Waals surface area contributed by atoms with Gasteiger partial charge in [-0.1, -0.05) is 19.9 Å². The van der Waals surface area contributed by atoms with E-state index in [-0.39, 0.29) is 17.2 Å². The molecule has 0 aliphatic heterocycles. The van der Waals surface area contributed by atoms with Crippen molar-refractivity contribution in [3.05, 3.63) is 29.3 Å². The zero-order chi connectivity index (χ0) is 13.9. The van der Waals surface area contributed by atoms with Gasteiger partial charge in [0.2, 0.25) is 0 Å². The molecule has 5 heteroatoms. The SMILES string of the molecule is Cc1c(O)cccc1C(=O)N[C@H](C(=O)O)C(C)C. The van der Waals surface area contributed by atoms with Gasteiger partial charge in [0.25, 0.3) is 5.91 Å². The minimum atomic E-state index is -1.07. The molecule has 0 fully saturated rings. The number of phenols is 1. The molecule has 0 saturated heterocycles. The number of hydrogen-bond donors (Lipinski definition) is 3. The second kappa shape index (κ2) is 5.53. The van der Waals surface area contributed by atoms with Gasteiger partial charge in [-0.15, -0.1) is 0 Å². The van der Waals surface area contributed by atoms with E-state index in [1.807, 2.05) is 0 Å². The molecule has 0 radical (unpaired) electrons. The molecule has 1 aromatic rings. The third-order valence-corrected chi connectivity index (χ3v) is 2.77. The molecular weight excluding hydrogens is 234 g/mol. The summed E-state index contributed by atoms with van der Waals surface area (Å²) in [5.41, 5.74) is 0.713. The Morgan fingerprint density at radius 1 is 1.28 bits per heavy atom. The summed E-state index contributed by atoms with van der Waals surface area (Å²) >= 11 is 0. The number of carboxylic acid groups (broad SMARTS) is 1. The second-order valence-electron chi connectivity index (χ2n) is 4.48. The fourth-order valence-electron chi connectivity index (χ4n) is 1.60. The second-order valence-corrected chi connectivity index (χ2v) is 4.48. The minimum Gasteiger partial charge on any atom is -0.508 e. The number of benzene rings is 1. The van der Waals surface area contributed by atoms with E-state index in [1.165, 1.54) is 6.07 Å². The normalized spacial score (nSPS) is 12.2. The van der Waals surface area contributed by atoms with Gasteiger partial charge in [-0.3, -0.25) is 4.79 Å². The number of carbonyl (C=O) groups excluding carboxylic acids is 1. The Labute approximate surface area is 105 Å². The third kappa shape index (κ3) is 3.00. The van der Waals surface area contributed by atoms with Gasteiger partial charge in [0.1, 0.15) is 11.8 Å². The topological polar surface area (TPSA) is 86.6 Å². The molecule has 0 saturated carbocycles. The van der Waals surface area contributed by atoms with E-state index in [0.717, 1.165) is 0 Å². The quantitative estimate of drug-likeness (QED) is 0.757. The summed E-state index contributed by atoms with van der Waals surface area (Å²) in [6.07, 6.45) is 0. The third-order valence-electron chi connectivity index (χ3n) is 2.77. The van der Waals surface area contributed by atoms with Crippen LogP contribution >= 0.6 is 0 Å². The molecule has 0 unspecified atom stereocenters. The standard InChI is InChI=1S/C13H17NO4/c1-7(2)11(13(17)18)14-12(16)9-5-4-6-10(15)8(9)3/h4-7,11,15H,1-3H3,(H,14,16)(H,17,18)/t11-/m0/s1. The summed E-state index contributed by atoms with van der Waals surface area (Å²) in [6.45, 7) is 5.04. The molecule has 0 heterocycles. The lowest BCUT2D eigenvalue weighted by molar-refractivity contribution is -0.140. The van der Waals surface area contributed by atoms with E-state index in [0.29, 0.717) is 5.56 Å². The molecule has 1 atom stereocenters. The van der Waals surface area contributed by atoms with Crippen LogP contribution in [0, 0.1) is 12.8 Å². The van der Waals surface area contributed by atoms with Gasteiger partial charge in [-0.2, -0.15) is 0 Å². The first-order valence-electron chi connectivity index (χ1n) is 5.66. The smallest absolute Gasteiger partial charge is 0.326 e. The van der Waals surface area contributed by atoms with Gasteiger partial charge in [-0.05, 0) is 25.0 Å². The molecule has 18 heavy (non-hydrogen) atoms. The maximum Gasteiger partial charge on any atom is 0.326 e. The highest BCUT2D eigenvalue weighted by Crippen LogP contribution is 2.19. The van der Waals surface area contributed by atoms with E-state index in [4.69, 9.17) is 5.11 Å². The van der Waals surface area contributed by atoms with E-state index in [1.54, 1.807) is 32.9 Å². The molecular formula is C13H17NO4. The van der Waals surface area contributed by atoms with Crippen LogP contribution in [0.3, 0.4) is 0 Å². The Morgan fingerprint density at radius 3 is 2.39 bits per heavy atom. The Bertz CT molecular complexity index is 468. The van der Waals surface area contributed by atoms with Crippen molar-refractivity contribution in [2.75, 3.05) is 0 Å². The minimum absolute atomic E-state index is 0.0130. The van der Waals surface area contributed by atoms with Crippen LogP contribution in [-0.4, -0.2) is 28.1 Å². The molecule has 98 valence electrons. The zero-order valence-corrected chi connectivity index (χ0v) is 10.6. The van der Waals surface area contributed by atoms with E-state index >= 15 is 0 Å². The van der Waals surface area contributed by atoms with E-state index in [9.17, 15) is 14.7 Å². The van der Waals surface area contributed by atoms with Crippen LogP contribution in [0.4, 0.5) is 0 Å². The number of aromatic hydroxyl groups is 1. The summed E-state index contributed by atoms with van der Waals surface area (Å²) in [5, 5.41) is 21.0. The number of carbonyl (C=O) groups is 2. The summed E-state index contributed by atoms with van der Waals surface area (Å²) in [6, 6.07) is 3.62. The fourth-order valence-corrected chi connectivity index (χ4v) is 1.60. The zero-order valence-electron chi connectivity index (χ0n) is 10.6. The van der Waals surface area contributed by atoms with Gasteiger partial charge in [0.05, 0.1) is 0 Å². The number of amides is 1. The first-order chi connectivity index (χ1) is 8.34. The Hall–Kier alpha value is -2.04. The van der Waals surface area contributed by atoms with Gasteiger partial charge >= 0.3 is 5.97 Å². The van der Waals surface area contributed by atoms with E-state index < -0.39 is 17.9 Å². The molecule has 3 N–H and O–H groups in total. The highest BCUT2D eigenvalue weighted by Gasteiger charge is 2.24. The van der Waals surface area contributed by atoms with Crippen LogP contribution in [0.25, 0.3) is 0 Å². The van der Waals surface area contributed by atoms with Crippen LogP contribution in [0.5, 0.6) is 5.75 Å². The lowest BCUT2D eigenvalue weighted by atomic mass is 10.0. The maximum atomic E-state index is 12.0. The molecule has 0 bridgehead atoms. The number of rotatable bonds is 4. The lowest BCUT2D eigenvalue weighted by Gasteiger charge is -2.18. The predicted octanol–water partition coefficient (Wildman–Crippen LogP) is 1.54. The first-order valence-corrected chi connectivity index (χ1v) is 5.66. The highest BCUT2D eigenvalue weighted by atomic mass is 16.4. The van der Waals surface area contributed by atoms with Gasteiger partial charge < -0.3 is 15.5 Å². The lowest BCUT2D eigenvalue weighted by Crippen LogP contribution is -2.44. The molecule has 1 aromatic carbocycles. The summed E-state index contributed by atoms with van der Waals surface area (Å²) in [4.78, 5) is 22.9. The number of aliphatic carboxylic acids is 1. The number of phenolic OH excluding ortho intramolecular Hbond substituents is 1. The van der Waals surface area contributed by atoms with Gasteiger partial charge in [0, 0.05) is 11.1 Å². The highest BCUT2D eigenvalue weighted by molar-refractivity contribution is 5.98. The van der Waals surface area contributed by atoms with Crippen molar-refractivity contribution in [3.8, 4) is 5.75 Å². The van der Waals surface area contributed by atoms with Crippen molar-refractivity contribution in [1.29, 1.82) is 0 Å². The van der Waals surface area contributed by atoms with Crippen molar-refractivity contribution in [2.45, 2.75) is 26.8 Å². The molecule has 0 aromatic heterocycles. The molecule has 0 spiro atoms. The van der Waals surface area contributed by atoms with Crippen LogP contribution in [0.15, 0.2) is 18.2 Å². The van der Waals surface area contributed by atoms with Crippen molar-refractivity contribution >= 4 is 11.9 Å². The number of carboxylic acids is 1. The van der Waals surface area contributed by atoms with Crippen LogP contribution in [0.2, 0.25) is 0 Å². The summed E-state index contributed by atoms with van der Waals surface area (Å²) in [7, 11) is 0. The molecule has 5 nitrogen and oxygen atoms in total. The Morgan fingerprint density at radius 2 is 1.89 bits per heavy atom. The average molecular weight is 251 g/mol.